The molecule has 1 aliphatic heterocycles. The van der Waals surface area contributed by atoms with E-state index in [9.17, 15) is 4.79 Å². The van der Waals surface area contributed by atoms with Gasteiger partial charge in [-0.15, -0.1) is 0 Å². The number of benzene rings is 1. The zero-order valence-corrected chi connectivity index (χ0v) is 16.3. The Morgan fingerprint density at radius 1 is 1.08 bits per heavy atom. The van der Waals surface area contributed by atoms with Crippen LogP contribution in [-0.4, -0.2) is 51.8 Å². The Hall–Kier alpha value is -1.24. The van der Waals surface area contributed by atoms with Crippen molar-refractivity contribution in [3.05, 3.63) is 60.1 Å². The van der Waals surface area contributed by atoms with Gasteiger partial charge in [-0.05, 0) is 17.7 Å². The number of halogens is 3. The molecule has 1 aromatic carbocycles. The molecule has 140 valence electrons. The summed E-state index contributed by atoms with van der Waals surface area (Å²) < 4.78 is 3.46. The van der Waals surface area contributed by atoms with Gasteiger partial charge in [-0.25, -0.2) is 0 Å². The molecule has 8 heteroatoms. The summed E-state index contributed by atoms with van der Waals surface area (Å²) in [6.07, 6.45) is 0.700. The molecule has 2 heterocycles. The van der Waals surface area contributed by atoms with Gasteiger partial charge in [-0.2, -0.15) is 0 Å². The standard InChI is InChI=1S/C18H20Cl3N3O2/c19-18(20,21)17(22-16(25)15-7-4-12-26-15)24-10-8-23(9-11-24)13-14-5-2-1-3-6-14/h1-7,12,17H,8-11,13H2,(H,22,25)/t17-/m0/s1. The summed E-state index contributed by atoms with van der Waals surface area (Å²) in [6, 6.07) is 13.5. The highest BCUT2D eigenvalue weighted by Crippen LogP contribution is 2.33. The zero-order chi connectivity index (χ0) is 18.6. The summed E-state index contributed by atoms with van der Waals surface area (Å²) in [5, 5.41) is 2.77. The fourth-order valence-electron chi connectivity index (χ4n) is 3.00. The number of carbonyl (C=O) groups is 1. The number of hydrogen-bond donors (Lipinski definition) is 1. The summed E-state index contributed by atoms with van der Waals surface area (Å²) >= 11 is 18.4. The molecule has 5 nitrogen and oxygen atoms in total. The Kier molecular flexibility index (Phi) is 6.48. The van der Waals surface area contributed by atoms with Crippen molar-refractivity contribution in [1.29, 1.82) is 0 Å². The van der Waals surface area contributed by atoms with Crippen LogP contribution in [0.25, 0.3) is 0 Å². The first-order chi connectivity index (χ1) is 12.4. The van der Waals surface area contributed by atoms with Crippen LogP contribution in [-0.2, 0) is 6.54 Å². The van der Waals surface area contributed by atoms with Crippen molar-refractivity contribution >= 4 is 40.7 Å². The van der Waals surface area contributed by atoms with Crippen LogP contribution >= 0.6 is 34.8 Å². The molecule has 1 saturated heterocycles. The van der Waals surface area contributed by atoms with E-state index in [0.717, 1.165) is 19.6 Å². The number of furan rings is 1. The molecule has 0 bridgehead atoms. The van der Waals surface area contributed by atoms with Gasteiger partial charge in [-0.1, -0.05) is 65.1 Å². The molecule has 1 fully saturated rings. The van der Waals surface area contributed by atoms with Crippen molar-refractivity contribution in [2.24, 2.45) is 0 Å². The molecule has 0 radical (unpaired) electrons. The first-order valence-corrected chi connectivity index (χ1v) is 9.48. The maximum absolute atomic E-state index is 12.3. The average Bonchev–Trinajstić information content (AvgIpc) is 3.15. The number of nitrogens with one attached hydrogen (secondary N) is 1. The number of nitrogens with zero attached hydrogens (tertiary/aromatic N) is 2. The van der Waals surface area contributed by atoms with E-state index in [-0.39, 0.29) is 5.76 Å². The Labute approximate surface area is 167 Å². The maximum atomic E-state index is 12.3. The molecule has 26 heavy (non-hydrogen) atoms. The predicted octanol–water partition coefficient (Wildman–Crippen LogP) is 3.52. The molecule has 1 aliphatic rings. The van der Waals surface area contributed by atoms with Gasteiger partial charge in [0.2, 0.25) is 3.79 Å². The number of carbonyl (C=O) groups excluding carboxylic acids is 1. The second-order valence-electron chi connectivity index (χ2n) is 6.19. The van der Waals surface area contributed by atoms with Gasteiger partial charge in [0.05, 0.1) is 6.26 Å². The molecular formula is C18H20Cl3N3O2. The smallest absolute Gasteiger partial charge is 0.288 e. The van der Waals surface area contributed by atoms with Crippen LogP contribution in [0.3, 0.4) is 0 Å². The minimum absolute atomic E-state index is 0.187. The molecule has 0 aliphatic carbocycles. The minimum Gasteiger partial charge on any atom is -0.459 e. The minimum atomic E-state index is -1.65. The van der Waals surface area contributed by atoms with E-state index < -0.39 is 15.9 Å². The normalized spacial score (nSPS) is 17.8. The van der Waals surface area contributed by atoms with E-state index in [4.69, 9.17) is 39.2 Å². The van der Waals surface area contributed by atoms with Gasteiger partial charge in [0.1, 0.15) is 6.17 Å². The van der Waals surface area contributed by atoms with E-state index in [1.165, 1.54) is 11.8 Å². The van der Waals surface area contributed by atoms with E-state index in [0.29, 0.717) is 13.1 Å². The van der Waals surface area contributed by atoms with Gasteiger partial charge in [-0.3, -0.25) is 14.6 Å². The topological polar surface area (TPSA) is 48.7 Å². The molecule has 3 rings (SSSR count). The Morgan fingerprint density at radius 3 is 2.35 bits per heavy atom. The second-order valence-corrected chi connectivity index (χ2v) is 8.56. The van der Waals surface area contributed by atoms with Crippen molar-refractivity contribution in [1.82, 2.24) is 15.1 Å². The van der Waals surface area contributed by atoms with E-state index in [1.54, 1.807) is 12.1 Å². The SMILES string of the molecule is O=C(N[C@@H](N1CCN(Cc2ccccc2)CC1)C(Cl)(Cl)Cl)c1ccco1. The summed E-state index contributed by atoms with van der Waals surface area (Å²) in [6.45, 7) is 3.89. The third-order valence-electron chi connectivity index (χ3n) is 4.34. The van der Waals surface area contributed by atoms with Crippen molar-refractivity contribution in [2.75, 3.05) is 26.2 Å². The maximum Gasteiger partial charge on any atom is 0.288 e. The molecule has 0 spiro atoms. The van der Waals surface area contributed by atoms with Gasteiger partial charge in [0.15, 0.2) is 5.76 Å². The Balaban J connectivity index is 1.59. The lowest BCUT2D eigenvalue weighted by Crippen LogP contribution is -2.60. The molecule has 1 aromatic heterocycles. The number of hydrogen-bond acceptors (Lipinski definition) is 4. The highest BCUT2D eigenvalue weighted by molar-refractivity contribution is 6.68. The highest BCUT2D eigenvalue weighted by atomic mass is 35.6. The molecule has 2 aromatic rings. The Bertz CT molecular complexity index is 696. The van der Waals surface area contributed by atoms with Crippen LogP contribution in [0.1, 0.15) is 16.1 Å². The average molecular weight is 417 g/mol. The van der Waals surface area contributed by atoms with Gasteiger partial charge < -0.3 is 9.73 Å². The third kappa shape index (κ3) is 5.15. The molecule has 1 N–H and O–H groups in total. The number of amides is 1. The van der Waals surface area contributed by atoms with Crippen LogP contribution in [0.2, 0.25) is 0 Å². The molecule has 1 amide bonds. The zero-order valence-electron chi connectivity index (χ0n) is 14.1. The molecular weight excluding hydrogens is 397 g/mol. The van der Waals surface area contributed by atoms with Gasteiger partial charge in [0.25, 0.3) is 5.91 Å². The number of piperazine rings is 1. The monoisotopic (exact) mass is 415 g/mol. The second kappa shape index (κ2) is 8.63. The van der Waals surface area contributed by atoms with Crippen molar-refractivity contribution in [3.63, 3.8) is 0 Å². The first kappa shape index (κ1) is 19.5. The van der Waals surface area contributed by atoms with Crippen LogP contribution in [0, 0.1) is 0 Å². The van der Waals surface area contributed by atoms with E-state index >= 15 is 0 Å². The van der Waals surface area contributed by atoms with Crippen LogP contribution < -0.4 is 5.32 Å². The van der Waals surface area contributed by atoms with Crippen LogP contribution in [0.4, 0.5) is 0 Å². The molecule has 0 saturated carbocycles. The fourth-order valence-corrected chi connectivity index (χ4v) is 3.58. The van der Waals surface area contributed by atoms with Crippen LogP contribution in [0.15, 0.2) is 53.1 Å². The fraction of sp³-hybridized carbons (Fsp3) is 0.389. The van der Waals surface area contributed by atoms with Gasteiger partial charge >= 0.3 is 0 Å². The summed E-state index contributed by atoms with van der Waals surface area (Å²) in [5.41, 5.74) is 1.27. The van der Waals surface area contributed by atoms with Gasteiger partial charge in [0, 0.05) is 32.7 Å². The number of alkyl halides is 3. The summed E-state index contributed by atoms with van der Waals surface area (Å²) in [5.74, 6) is -0.218. The highest BCUT2D eigenvalue weighted by Gasteiger charge is 2.40. The summed E-state index contributed by atoms with van der Waals surface area (Å²) in [7, 11) is 0. The first-order valence-electron chi connectivity index (χ1n) is 8.35. The largest absolute Gasteiger partial charge is 0.459 e. The van der Waals surface area contributed by atoms with Crippen molar-refractivity contribution in [2.45, 2.75) is 16.5 Å². The Morgan fingerprint density at radius 2 is 1.77 bits per heavy atom. The van der Waals surface area contributed by atoms with E-state index in [2.05, 4.69) is 22.3 Å². The summed E-state index contributed by atoms with van der Waals surface area (Å²) in [4.78, 5) is 16.6. The lowest BCUT2D eigenvalue weighted by Gasteiger charge is -2.41. The number of rotatable bonds is 5. The quantitative estimate of drug-likeness (QED) is 0.758. The molecule has 0 unspecified atom stereocenters. The van der Waals surface area contributed by atoms with E-state index in [1.807, 2.05) is 23.1 Å². The lowest BCUT2D eigenvalue weighted by molar-refractivity contribution is 0.0642. The predicted molar refractivity (Wildman–Crippen MR) is 104 cm³/mol. The lowest BCUT2D eigenvalue weighted by atomic mass is 10.2. The molecule has 1 atom stereocenters. The third-order valence-corrected chi connectivity index (χ3v) is 4.96. The van der Waals surface area contributed by atoms with Crippen molar-refractivity contribution < 1.29 is 9.21 Å². The van der Waals surface area contributed by atoms with Crippen molar-refractivity contribution in [3.8, 4) is 0 Å². The van der Waals surface area contributed by atoms with Crippen LogP contribution in [0.5, 0.6) is 0 Å².